The van der Waals surface area contributed by atoms with E-state index in [1.165, 1.54) is 14.7 Å². The number of hydrogen-bond donors (Lipinski definition) is 0. The summed E-state index contributed by atoms with van der Waals surface area (Å²) in [6.07, 6.45) is 0. The van der Waals surface area contributed by atoms with E-state index in [1.54, 1.807) is 0 Å². The van der Waals surface area contributed by atoms with Gasteiger partial charge in [-0.15, -0.1) is 34.9 Å². The molecule has 100 valence electrons. The molecule has 3 heteroatoms. The number of benzene rings is 2. The standard InChI is InChI=1S/C17H14S3/c1-3-8-14(9-4-1)19-17(16-12-7-13-18-16)20-15-10-5-2-6-11-15/h1-13,17H. The molecule has 2 aromatic carbocycles. The normalized spacial score (nSPS) is 10.8. The minimum absolute atomic E-state index is 0.403. The minimum Gasteiger partial charge on any atom is -0.147 e. The zero-order valence-corrected chi connectivity index (χ0v) is 13.3. The topological polar surface area (TPSA) is 0 Å². The molecule has 0 spiro atoms. The monoisotopic (exact) mass is 314 g/mol. The van der Waals surface area contributed by atoms with Gasteiger partial charge in [-0.1, -0.05) is 42.5 Å². The predicted octanol–water partition coefficient (Wildman–Crippen LogP) is 6.33. The van der Waals surface area contributed by atoms with E-state index >= 15 is 0 Å². The Bertz CT molecular complexity index is 576. The average molecular weight is 314 g/mol. The summed E-state index contributed by atoms with van der Waals surface area (Å²) in [4.78, 5) is 4.04. The van der Waals surface area contributed by atoms with Gasteiger partial charge in [0.05, 0.1) is 4.58 Å². The molecule has 0 amide bonds. The van der Waals surface area contributed by atoms with Crippen molar-refractivity contribution >= 4 is 34.9 Å². The molecule has 0 nitrogen and oxygen atoms in total. The first-order valence-corrected chi connectivity index (χ1v) is 9.02. The summed E-state index contributed by atoms with van der Waals surface area (Å²) in [5, 5.41) is 2.15. The van der Waals surface area contributed by atoms with Crippen LogP contribution >= 0.6 is 34.9 Å². The average Bonchev–Trinajstić information content (AvgIpc) is 3.03. The molecule has 0 bridgehead atoms. The van der Waals surface area contributed by atoms with E-state index in [1.807, 2.05) is 34.9 Å². The Morgan fingerprint density at radius 1 is 0.650 bits per heavy atom. The summed E-state index contributed by atoms with van der Waals surface area (Å²) in [6.45, 7) is 0. The van der Waals surface area contributed by atoms with Crippen LogP contribution in [0.5, 0.6) is 0 Å². The Morgan fingerprint density at radius 3 is 1.65 bits per heavy atom. The van der Waals surface area contributed by atoms with Gasteiger partial charge < -0.3 is 0 Å². The molecule has 0 aliphatic heterocycles. The second-order valence-corrected chi connectivity index (χ2v) is 7.84. The molecule has 1 aromatic heterocycles. The first-order valence-electron chi connectivity index (χ1n) is 6.38. The number of thioether (sulfide) groups is 2. The van der Waals surface area contributed by atoms with Crippen molar-refractivity contribution in [3.63, 3.8) is 0 Å². The molecule has 1 heterocycles. The Labute approximate surface area is 132 Å². The van der Waals surface area contributed by atoms with Crippen molar-refractivity contribution in [2.75, 3.05) is 0 Å². The maximum atomic E-state index is 2.22. The molecule has 0 aliphatic carbocycles. The van der Waals surface area contributed by atoms with Gasteiger partial charge >= 0.3 is 0 Å². The molecule has 3 aromatic rings. The zero-order valence-electron chi connectivity index (χ0n) is 10.8. The molecule has 0 N–H and O–H groups in total. The van der Waals surface area contributed by atoms with E-state index in [4.69, 9.17) is 0 Å². The molecule has 0 unspecified atom stereocenters. The molecule has 0 saturated heterocycles. The molecule has 3 rings (SSSR count). The number of rotatable bonds is 5. The van der Waals surface area contributed by atoms with Crippen LogP contribution in [0.3, 0.4) is 0 Å². The van der Waals surface area contributed by atoms with Crippen LogP contribution in [0.4, 0.5) is 0 Å². The molecule has 0 atom stereocenters. The first kappa shape index (κ1) is 13.8. The summed E-state index contributed by atoms with van der Waals surface area (Å²) >= 11 is 5.66. The molecule has 0 saturated carbocycles. The van der Waals surface area contributed by atoms with Crippen molar-refractivity contribution in [2.24, 2.45) is 0 Å². The molecular weight excluding hydrogens is 300 g/mol. The highest BCUT2D eigenvalue weighted by molar-refractivity contribution is 8.16. The lowest BCUT2D eigenvalue weighted by atomic mass is 10.4. The third-order valence-corrected chi connectivity index (χ3v) is 6.59. The quantitative estimate of drug-likeness (QED) is 0.398. The van der Waals surface area contributed by atoms with Crippen molar-refractivity contribution in [2.45, 2.75) is 14.4 Å². The maximum absolute atomic E-state index is 2.22. The van der Waals surface area contributed by atoms with Crippen LogP contribution in [0.15, 0.2) is 88.0 Å². The molecule has 0 radical (unpaired) electrons. The van der Waals surface area contributed by atoms with Crippen molar-refractivity contribution < 1.29 is 0 Å². The lowest BCUT2D eigenvalue weighted by molar-refractivity contribution is 1.38. The highest BCUT2D eigenvalue weighted by Gasteiger charge is 2.15. The zero-order chi connectivity index (χ0) is 13.6. The van der Waals surface area contributed by atoms with E-state index < -0.39 is 0 Å². The largest absolute Gasteiger partial charge is 0.147 e. The van der Waals surface area contributed by atoms with E-state index in [0.29, 0.717) is 4.58 Å². The van der Waals surface area contributed by atoms with Crippen molar-refractivity contribution in [1.82, 2.24) is 0 Å². The van der Waals surface area contributed by atoms with Crippen molar-refractivity contribution in [3.8, 4) is 0 Å². The lowest BCUT2D eigenvalue weighted by Gasteiger charge is -2.14. The van der Waals surface area contributed by atoms with E-state index in [0.717, 1.165) is 0 Å². The summed E-state index contributed by atoms with van der Waals surface area (Å²) in [5.41, 5.74) is 0. The third-order valence-electron chi connectivity index (χ3n) is 2.75. The summed E-state index contributed by atoms with van der Waals surface area (Å²) < 4.78 is 0.403. The Balaban J connectivity index is 1.81. The molecule has 0 aliphatic rings. The van der Waals surface area contributed by atoms with Crippen LogP contribution in [0.2, 0.25) is 0 Å². The highest BCUT2D eigenvalue weighted by atomic mass is 32.2. The summed E-state index contributed by atoms with van der Waals surface area (Å²) in [5.74, 6) is 0. The summed E-state index contributed by atoms with van der Waals surface area (Å²) in [6, 6.07) is 25.6. The number of hydrogen-bond acceptors (Lipinski definition) is 3. The third kappa shape index (κ3) is 3.69. The van der Waals surface area contributed by atoms with E-state index in [-0.39, 0.29) is 0 Å². The molecular formula is C17H14S3. The highest BCUT2D eigenvalue weighted by Crippen LogP contribution is 2.48. The smallest absolute Gasteiger partial charge is 0.0937 e. The van der Waals surface area contributed by atoms with Crippen LogP contribution in [-0.2, 0) is 0 Å². The van der Waals surface area contributed by atoms with Crippen molar-refractivity contribution in [3.05, 3.63) is 83.1 Å². The Morgan fingerprint density at radius 2 is 1.20 bits per heavy atom. The Hall–Kier alpha value is -1.16. The number of thiophene rings is 1. The van der Waals surface area contributed by atoms with Gasteiger partial charge in [0, 0.05) is 14.7 Å². The van der Waals surface area contributed by atoms with Gasteiger partial charge in [-0.05, 0) is 35.7 Å². The Kier molecular flexibility index (Phi) is 4.85. The fraction of sp³-hybridized carbons (Fsp3) is 0.0588. The van der Waals surface area contributed by atoms with Gasteiger partial charge in [-0.25, -0.2) is 0 Å². The van der Waals surface area contributed by atoms with Gasteiger partial charge in [0.2, 0.25) is 0 Å². The first-order chi connectivity index (χ1) is 9.92. The minimum atomic E-state index is 0.403. The van der Waals surface area contributed by atoms with Gasteiger partial charge in [0.25, 0.3) is 0 Å². The van der Waals surface area contributed by atoms with Gasteiger partial charge in [0.1, 0.15) is 0 Å². The maximum Gasteiger partial charge on any atom is 0.0937 e. The van der Waals surface area contributed by atoms with Gasteiger partial charge in [-0.3, -0.25) is 0 Å². The van der Waals surface area contributed by atoms with E-state index in [9.17, 15) is 0 Å². The summed E-state index contributed by atoms with van der Waals surface area (Å²) in [7, 11) is 0. The van der Waals surface area contributed by atoms with Gasteiger partial charge in [0.15, 0.2) is 0 Å². The molecule has 20 heavy (non-hydrogen) atoms. The fourth-order valence-corrected chi connectivity index (χ4v) is 5.39. The second kappa shape index (κ2) is 7.02. The molecule has 0 fully saturated rings. The second-order valence-electron chi connectivity index (χ2n) is 4.21. The lowest BCUT2D eigenvalue weighted by Crippen LogP contribution is -1.85. The van der Waals surface area contributed by atoms with Crippen LogP contribution in [0.25, 0.3) is 0 Å². The van der Waals surface area contributed by atoms with Crippen LogP contribution in [0.1, 0.15) is 9.46 Å². The van der Waals surface area contributed by atoms with E-state index in [2.05, 4.69) is 78.2 Å². The van der Waals surface area contributed by atoms with Gasteiger partial charge in [-0.2, -0.15) is 0 Å². The van der Waals surface area contributed by atoms with Crippen LogP contribution < -0.4 is 0 Å². The fourth-order valence-electron chi connectivity index (χ4n) is 1.81. The van der Waals surface area contributed by atoms with Crippen LogP contribution in [0, 0.1) is 0 Å². The van der Waals surface area contributed by atoms with Crippen molar-refractivity contribution in [1.29, 1.82) is 0 Å². The predicted molar refractivity (Wildman–Crippen MR) is 91.7 cm³/mol. The SMILES string of the molecule is c1ccc(SC(Sc2ccccc2)c2cccs2)cc1. The van der Waals surface area contributed by atoms with Crippen LogP contribution in [-0.4, -0.2) is 0 Å².